The molecular formula is C18H28ClN3O4. The number of halogens is 1. The Labute approximate surface area is 160 Å². The van der Waals surface area contributed by atoms with E-state index in [0.29, 0.717) is 37.2 Å². The third-order valence-electron chi connectivity index (χ3n) is 3.85. The summed E-state index contributed by atoms with van der Waals surface area (Å²) >= 11 is 0. The van der Waals surface area contributed by atoms with Gasteiger partial charge in [0.05, 0.1) is 6.54 Å². The van der Waals surface area contributed by atoms with E-state index in [1.54, 1.807) is 29.2 Å². The van der Waals surface area contributed by atoms with E-state index < -0.39 is 12.0 Å². The van der Waals surface area contributed by atoms with Crippen LogP contribution in [0.3, 0.4) is 0 Å². The highest BCUT2D eigenvalue weighted by Gasteiger charge is 2.17. The molecule has 0 aliphatic carbocycles. The maximum absolute atomic E-state index is 12.2. The average molecular weight is 386 g/mol. The molecule has 1 rings (SSSR count). The minimum atomic E-state index is -0.964. The lowest BCUT2D eigenvalue weighted by Crippen LogP contribution is -2.41. The van der Waals surface area contributed by atoms with Crippen molar-refractivity contribution in [1.82, 2.24) is 10.2 Å². The molecule has 0 aromatic heterocycles. The lowest BCUT2D eigenvalue weighted by molar-refractivity contribution is -0.139. The van der Waals surface area contributed by atoms with Gasteiger partial charge in [0.15, 0.2) is 0 Å². The van der Waals surface area contributed by atoms with Crippen LogP contribution >= 0.6 is 12.4 Å². The van der Waals surface area contributed by atoms with Crippen LogP contribution in [0.2, 0.25) is 0 Å². The molecule has 1 atom stereocenters. The van der Waals surface area contributed by atoms with E-state index in [-0.39, 0.29) is 30.8 Å². The van der Waals surface area contributed by atoms with Crippen molar-refractivity contribution in [2.24, 2.45) is 0 Å². The number of amides is 2. The van der Waals surface area contributed by atoms with Gasteiger partial charge >= 0.3 is 5.97 Å². The predicted molar refractivity (Wildman–Crippen MR) is 104 cm³/mol. The van der Waals surface area contributed by atoms with Gasteiger partial charge in [-0.05, 0) is 44.5 Å². The minimum absolute atomic E-state index is 0. The van der Waals surface area contributed by atoms with Crippen LogP contribution < -0.4 is 10.6 Å². The second-order valence-electron chi connectivity index (χ2n) is 5.66. The molecule has 146 valence electrons. The molecule has 8 heteroatoms. The molecule has 7 nitrogen and oxygen atoms in total. The summed E-state index contributed by atoms with van der Waals surface area (Å²) in [4.78, 5) is 36.9. The van der Waals surface area contributed by atoms with Crippen molar-refractivity contribution in [3.63, 3.8) is 0 Å². The molecule has 3 N–H and O–H groups in total. The SMILES string of the molecule is CCCC(NCC(=O)Nc1ccc(C(=O)N(CC)CC)cc1)C(=O)O.Cl. The number of benzene rings is 1. The highest BCUT2D eigenvalue weighted by atomic mass is 35.5. The Hall–Kier alpha value is -2.12. The van der Waals surface area contributed by atoms with Gasteiger partial charge in [0.2, 0.25) is 5.91 Å². The fourth-order valence-corrected chi connectivity index (χ4v) is 2.41. The largest absolute Gasteiger partial charge is 0.480 e. The Balaban J connectivity index is 0.00000625. The Morgan fingerprint density at radius 3 is 2.12 bits per heavy atom. The van der Waals surface area contributed by atoms with Crippen molar-refractivity contribution in [3.05, 3.63) is 29.8 Å². The fourth-order valence-electron chi connectivity index (χ4n) is 2.41. The molecular weight excluding hydrogens is 358 g/mol. The topological polar surface area (TPSA) is 98.7 Å². The number of carbonyl (C=O) groups is 3. The van der Waals surface area contributed by atoms with Gasteiger partial charge in [0.25, 0.3) is 5.91 Å². The lowest BCUT2D eigenvalue weighted by atomic mass is 10.1. The first-order valence-corrected chi connectivity index (χ1v) is 8.58. The van der Waals surface area contributed by atoms with Gasteiger partial charge in [-0.2, -0.15) is 0 Å². The smallest absolute Gasteiger partial charge is 0.320 e. The molecule has 0 heterocycles. The van der Waals surface area contributed by atoms with Gasteiger partial charge in [-0.3, -0.25) is 19.7 Å². The Kier molecular flexibility index (Phi) is 11.3. The molecule has 1 unspecified atom stereocenters. The molecule has 26 heavy (non-hydrogen) atoms. The number of hydrogen-bond donors (Lipinski definition) is 3. The standard InChI is InChI=1S/C18H27N3O4.ClH/c1-4-7-15(18(24)25)19-12-16(22)20-14-10-8-13(9-11-14)17(23)21(5-2)6-3;/h8-11,15,19H,4-7,12H2,1-3H3,(H,20,22)(H,24,25);1H. The predicted octanol–water partition coefficient (Wildman–Crippen LogP) is 2.37. The summed E-state index contributed by atoms with van der Waals surface area (Å²) in [6.45, 7) is 6.93. The molecule has 0 fully saturated rings. The van der Waals surface area contributed by atoms with E-state index in [4.69, 9.17) is 5.11 Å². The van der Waals surface area contributed by atoms with Crippen molar-refractivity contribution in [2.45, 2.75) is 39.7 Å². The van der Waals surface area contributed by atoms with Crippen molar-refractivity contribution in [2.75, 3.05) is 25.0 Å². The highest BCUT2D eigenvalue weighted by Crippen LogP contribution is 2.11. The summed E-state index contributed by atoms with van der Waals surface area (Å²) < 4.78 is 0. The monoisotopic (exact) mass is 385 g/mol. The second-order valence-corrected chi connectivity index (χ2v) is 5.66. The van der Waals surface area contributed by atoms with E-state index in [2.05, 4.69) is 10.6 Å². The third-order valence-corrected chi connectivity index (χ3v) is 3.85. The summed E-state index contributed by atoms with van der Waals surface area (Å²) in [6.07, 6.45) is 1.18. The second kappa shape index (κ2) is 12.3. The first kappa shape index (κ1) is 23.9. The summed E-state index contributed by atoms with van der Waals surface area (Å²) in [7, 11) is 0. The molecule has 0 saturated carbocycles. The maximum Gasteiger partial charge on any atom is 0.320 e. The van der Waals surface area contributed by atoms with Crippen LogP contribution in [0.5, 0.6) is 0 Å². The quantitative estimate of drug-likeness (QED) is 0.574. The number of carbonyl (C=O) groups excluding carboxylic acids is 2. The number of carboxylic acid groups (broad SMARTS) is 1. The molecule has 0 spiro atoms. The first-order valence-electron chi connectivity index (χ1n) is 8.58. The number of hydrogen-bond acceptors (Lipinski definition) is 4. The van der Waals surface area contributed by atoms with Gasteiger partial charge in [-0.1, -0.05) is 13.3 Å². The van der Waals surface area contributed by atoms with E-state index in [9.17, 15) is 14.4 Å². The van der Waals surface area contributed by atoms with E-state index in [1.165, 1.54) is 0 Å². The van der Waals surface area contributed by atoms with Crippen LogP contribution in [0.15, 0.2) is 24.3 Å². The zero-order valence-corrected chi connectivity index (χ0v) is 16.3. The van der Waals surface area contributed by atoms with Crippen LogP contribution in [0, 0.1) is 0 Å². The van der Waals surface area contributed by atoms with Crippen molar-refractivity contribution in [3.8, 4) is 0 Å². The number of anilines is 1. The van der Waals surface area contributed by atoms with Crippen LogP contribution in [-0.4, -0.2) is 53.5 Å². The fraction of sp³-hybridized carbons (Fsp3) is 0.500. The molecule has 1 aromatic rings. The summed E-state index contributed by atoms with van der Waals surface area (Å²) in [5.41, 5.74) is 1.12. The Morgan fingerprint density at radius 1 is 1.08 bits per heavy atom. The number of aliphatic carboxylic acids is 1. The van der Waals surface area contributed by atoms with Gasteiger partial charge in [0, 0.05) is 24.3 Å². The van der Waals surface area contributed by atoms with Crippen molar-refractivity contribution in [1.29, 1.82) is 0 Å². The number of nitrogens with one attached hydrogen (secondary N) is 2. The summed E-state index contributed by atoms with van der Waals surface area (Å²) in [5.74, 6) is -1.34. The zero-order chi connectivity index (χ0) is 18.8. The highest BCUT2D eigenvalue weighted by molar-refractivity contribution is 5.96. The molecule has 2 amide bonds. The maximum atomic E-state index is 12.2. The molecule has 0 saturated heterocycles. The van der Waals surface area contributed by atoms with Crippen LogP contribution in [0.1, 0.15) is 44.0 Å². The molecule has 1 aromatic carbocycles. The molecule has 0 bridgehead atoms. The van der Waals surface area contributed by atoms with Gasteiger partial charge in [-0.15, -0.1) is 12.4 Å². The third kappa shape index (κ3) is 7.41. The minimum Gasteiger partial charge on any atom is -0.480 e. The van der Waals surface area contributed by atoms with E-state index in [0.717, 1.165) is 0 Å². The Morgan fingerprint density at radius 2 is 1.65 bits per heavy atom. The van der Waals surface area contributed by atoms with Crippen molar-refractivity contribution >= 4 is 35.9 Å². The summed E-state index contributed by atoms with van der Waals surface area (Å²) in [5, 5.41) is 14.5. The normalized spacial score (nSPS) is 11.2. The van der Waals surface area contributed by atoms with E-state index >= 15 is 0 Å². The lowest BCUT2D eigenvalue weighted by Gasteiger charge is -2.18. The molecule has 0 radical (unpaired) electrons. The van der Waals surface area contributed by atoms with Gasteiger partial charge in [-0.25, -0.2) is 0 Å². The number of nitrogens with zero attached hydrogens (tertiary/aromatic N) is 1. The van der Waals surface area contributed by atoms with Crippen molar-refractivity contribution < 1.29 is 19.5 Å². The summed E-state index contributed by atoms with van der Waals surface area (Å²) in [6, 6.07) is 5.93. The molecule has 0 aliphatic rings. The van der Waals surface area contributed by atoms with Gasteiger partial charge in [0.1, 0.15) is 6.04 Å². The van der Waals surface area contributed by atoms with Crippen LogP contribution in [0.4, 0.5) is 5.69 Å². The van der Waals surface area contributed by atoms with Crippen LogP contribution in [-0.2, 0) is 9.59 Å². The zero-order valence-electron chi connectivity index (χ0n) is 15.4. The van der Waals surface area contributed by atoms with Crippen LogP contribution in [0.25, 0.3) is 0 Å². The Bertz CT molecular complexity index is 589. The van der Waals surface area contributed by atoms with E-state index in [1.807, 2.05) is 20.8 Å². The average Bonchev–Trinajstić information content (AvgIpc) is 2.60. The van der Waals surface area contributed by atoms with Gasteiger partial charge < -0.3 is 15.3 Å². The molecule has 0 aliphatic heterocycles. The number of rotatable bonds is 10. The first-order chi connectivity index (χ1) is 11.9. The number of carboxylic acids is 1.